The predicted octanol–water partition coefficient (Wildman–Crippen LogP) is 2.33. The fourth-order valence-electron chi connectivity index (χ4n) is 3.02. The first-order valence-electron chi connectivity index (χ1n) is 9.15. The van der Waals surface area contributed by atoms with E-state index in [2.05, 4.69) is 5.32 Å². The zero-order chi connectivity index (χ0) is 20.9. The van der Waals surface area contributed by atoms with Gasteiger partial charge in [-0.05, 0) is 48.7 Å². The van der Waals surface area contributed by atoms with Crippen molar-refractivity contribution < 1.29 is 27.1 Å². The molecule has 1 aliphatic rings. The lowest BCUT2D eigenvalue weighted by Crippen LogP contribution is -2.28. The van der Waals surface area contributed by atoms with E-state index in [0.29, 0.717) is 18.7 Å². The van der Waals surface area contributed by atoms with Gasteiger partial charge in [0.1, 0.15) is 5.82 Å². The van der Waals surface area contributed by atoms with E-state index in [1.54, 1.807) is 12.1 Å². The van der Waals surface area contributed by atoms with Gasteiger partial charge < -0.3 is 10.1 Å². The fraction of sp³-hybridized carbons (Fsp3) is 0.300. The molecule has 1 heterocycles. The maximum atomic E-state index is 13.1. The summed E-state index contributed by atoms with van der Waals surface area (Å²) in [6, 6.07) is 11.5. The molecular weight excluding hydrogens is 399 g/mol. The van der Waals surface area contributed by atoms with Crippen LogP contribution in [0.25, 0.3) is 0 Å². The number of benzene rings is 2. The average Bonchev–Trinajstić information content (AvgIpc) is 3.22. The van der Waals surface area contributed by atoms with Gasteiger partial charge in [-0.2, -0.15) is 4.31 Å². The quantitative estimate of drug-likeness (QED) is 0.694. The summed E-state index contributed by atoms with van der Waals surface area (Å²) >= 11 is 0. The monoisotopic (exact) mass is 420 g/mol. The van der Waals surface area contributed by atoms with Crippen molar-refractivity contribution in [3.8, 4) is 0 Å². The summed E-state index contributed by atoms with van der Waals surface area (Å²) < 4.78 is 44.6. The predicted molar refractivity (Wildman–Crippen MR) is 104 cm³/mol. The molecule has 0 aromatic heterocycles. The Bertz CT molecular complexity index is 1000. The first-order chi connectivity index (χ1) is 13.8. The lowest BCUT2D eigenvalue weighted by atomic mass is 10.1. The number of anilines is 1. The van der Waals surface area contributed by atoms with Crippen LogP contribution in [0.4, 0.5) is 10.1 Å². The van der Waals surface area contributed by atoms with E-state index in [1.807, 2.05) is 0 Å². The smallest absolute Gasteiger partial charge is 0.310 e. The Hall–Kier alpha value is -2.78. The molecule has 2 aromatic carbocycles. The molecule has 0 atom stereocenters. The molecule has 1 saturated heterocycles. The van der Waals surface area contributed by atoms with E-state index in [-0.39, 0.29) is 17.0 Å². The van der Waals surface area contributed by atoms with E-state index in [9.17, 15) is 22.4 Å². The normalized spacial score (nSPS) is 14.5. The number of halogens is 1. The SMILES string of the molecule is O=C(COC(=O)Cc1cccc(F)c1)Nc1cccc(S(=O)(=O)N2CCCC2)c1. The first-order valence-corrected chi connectivity index (χ1v) is 10.6. The van der Waals surface area contributed by atoms with Crippen LogP contribution in [-0.4, -0.2) is 44.3 Å². The van der Waals surface area contributed by atoms with Crippen LogP contribution in [0.2, 0.25) is 0 Å². The number of rotatable bonds is 7. The Morgan fingerprint density at radius 1 is 1.07 bits per heavy atom. The van der Waals surface area contributed by atoms with Gasteiger partial charge in [0.05, 0.1) is 11.3 Å². The minimum atomic E-state index is -3.59. The van der Waals surface area contributed by atoms with Crippen LogP contribution in [0.5, 0.6) is 0 Å². The van der Waals surface area contributed by atoms with E-state index in [4.69, 9.17) is 4.74 Å². The third kappa shape index (κ3) is 5.61. The third-order valence-electron chi connectivity index (χ3n) is 4.42. The van der Waals surface area contributed by atoms with Gasteiger partial charge in [-0.25, -0.2) is 12.8 Å². The third-order valence-corrected chi connectivity index (χ3v) is 6.32. The van der Waals surface area contributed by atoms with Crippen molar-refractivity contribution in [1.82, 2.24) is 4.31 Å². The van der Waals surface area contributed by atoms with Gasteiger partial charge in [0.25, 0.3) is 5.91 Å². The Morgan fingerprint density at radius 3 is 2.52 bits per heavy atom. The van der Waals surface area contributed by atoms with Gasteiger partial charge in [-0.15, -0.1) is 0 Å². The summed E-state index contributed by atoms with van der Waals surface area (Å²) in [5, 5.41) is 2.51. The van der Waals surface area contributed by atoms with Crippen molar-refractivity contribution in [1.29, 1.82) is 0 Å². The van der Waals surface area contributed by atoms with Crippen molar-refractivity contribution in [2.75, 3.05) is 25.0 Å². The number of sulfonamides is 1. The maximum absolute atomic E-state index is 13.1. The second-order valence-corrected chi connectivity index (χ2v) is 8.59. The van der Waals surface area contributed by atoms with Crippen molar-refractivity contribution in [3.05, 3.63) is 59.9 Å². The highest BCUT2D eigenvalue weighted by atomic mass is 32.2. The van der Waals surface area contributed by atoms with Gasteiger partial charge in [-0.1, -0.05) is 18.2 Å². The molecule has 1 aliphatic heterocycles. The summed E-state index contributed by atoms with van der Waals surface area (Å²) in [4.78, 5) is 23.9. The number of ether oxygens (including phenoxy) is 1. The highest BCUT2D eigenvalue weighted by Crippen LogP contribution is 2.23. The molecule has 0 aliphatic carbocycles. The summed E-state index contributed by atoms with van der Waals surface area (Å²) in [6.07, 6.45) is 1.50. The Morgan fingerprint density at radius 2 is 1.79 bits per heavy atom. The van der Waals surface area contributed by atoms with Gasteiger partial charge in [0, 0.05) is 18.8 Å². The highest BCUT2D eigenvalue weighted by Gasteiger charge is 2.27. The largest absolute Gasteiger partial charge is 0.455 e. The molecule has 9 heteroatoms. The molecule has 1 N–H and O–H groups in total. The number of nitrogens with zero attached hydrogens (tertiary/aromatic N) is 1. The topological polar surface area (TPSA) is 92.8 Å². The number of amides is 1. The Kier molecular flexibility index (Phi) is 6.60. The number of nitrogens with one attached hydrogen (secondary N) is 1. The Balaban J connectivity index is 1.55. The number of carbonyl (C=O) groups excluding carboxylic acids is 2. The number of carbonyl (C=O) groups is 2. The number of hydrogen-bond acceptors (Lipinski definition) is 5. The summed E-state index contributed by atoms with van der Waals surface area (Å²) in [7, 11) is -3.59. The maximum Gasteiger partial charge on any atom is 0.310 e. The summed E-state index contributed by atoms with van der Waals surface area (Å²) in [5.74, 6) is -1.73. The Labute approximate surface area is 168 Å². The molecular formula is C20H21FN2O5S. The van der Waals surface area contributed by atoms with E-state index < -0.39 is 34.3 Å². The van der Waals surface area contributed by atoms with Gasteiger partial charge >= 0.3 is 5.97 Å². The van der Waals surface area contributed by atoms with Crippen LogP contribution in [0.15, 0.2) is 53.4 Å². The molecule has 154 valence electrons. The van der Waals surface area contributed by atoms with E-state index >= 15 is 0 Å². The van der Waals surface area contributed by atoms with E-state index in [1.165, 1.54) is 40.7 Å². The minimum Gasteiger partial charge on any atom is -0.455 e. The zero-order valence-electron chi connectivity index (χ0n) is 15.6. The van der Waals surface area contributed by atoms with Crippen LogP contribution in [0.1, 0.15) is 18.4 Å². The van der Waals surface area contributed by atoms with Crippen LogP contribution in [-0.2, 0) is 30.8 Å². The van der Waals surface area contributed by atoms with Crippen LogP contribution in [0, 0.1) is 5.82 Å². The molecule has 2 aromatic rings. The van der Waals surface area contributed by atoms with Crippen LogP contribution < -0.4 is 5.32 Å². The lowest BCUT2D eigenvalue weighted by molar-refractivity contribution is -0.146. The van der Waals surface area contributed by atoms with Crippen LogP contribution in [0.3, 0.4) is 0 Å². The molecule has 0 bridgehead atoms. The van der Waals surface area contributed by atoms with E-state index in [0.717, 1.165) is 12.8 Å². The van der Waals surface area contributed by atoms with Crippen molar-refractivity contribution in [3.63, 3.8) is 0 Å². The van der Waals surface area contributed by atoms with Crippen molar-refractivity contribution >= 4 is 27.6 Å². The molecule has 3 rings (SSSR count). The standard InChI is InChI=1S/C20H21FN2O5S/c21-16-6-3-5-15(11-16)12-20(25)28-14-19(24)22-17-7-4-8-18(13-17)29(26,27)23-9-1-2-10-23/h3-8,11,13H,1-2,9-10,12,14H2,(H,22,24). The second kappa shape index (κ2) is 9.15. The number of esters is 1. The molecule has 1 amide bonds. The molecule has 0 saturated carbocycles. The van der Waals surface area contributed by atoms with Gasteiger partial charge in [0.2, 0.25) is 10.0 Å². The molecule has 0 unspecified atom stereocenters. The highest BCUT2D eigenvalue weighted by molar-refractivity contribution is 7.89. The van der Waals surface area contributed by atoms with Crippen molar-refractivity contribution in [2.24, 2.45) is 0 Å². The summed E-state index contributed by atoms with van der Waals surface area (Å²) in [5.41, 5.74) is 0.728. The number of hydrogen-bond donors (Lipinski definition) is 1. The summed E-state index contributed by atoms with van der Waals surface area (Å²) in [6.45, 7) is 0.442. The molecule has 7 nitrogen and oxygen atoms in total. The molecule has 0 radical (unpaired) electrons. The first kappa shape index (κ1) is 20.9. The van der Waals surface area contributed by atoms with Crippen LogP contribution >= 0.6 is 0 Å². The fourth-order valence-corrected chi connectivity index (χ4v) is 4.58. The molecule has 0 spiro atoms. The molecule has 29 heavy (non-hydrogen) atoms. The lowest BCUT2D eigenvalue weighted by Gasteiger charge is -2.16. The second-order valence-electron chi connectivity index (χ2n) is 6.65. The van der Waals surface area contributed by atoms with Crippen molar-refractivity contribution in [2.45, 2.75) is 24.2 Å². The van der Waals surface area contributed by atoms with Gasteiger partial charge in [-0.3, -0.25) is 9.59 Å². The van der Waals surface area contributed by atoms with Gasteiger partial charge in [0.15, 0.2) is 6.61 Å². The minimum absolute atomic E-state index is 0.0975. The molecule has 1 fully saturated rings. The zero-order valence-corrected chi connectivity index (χ0v) is 16.5. The average molecular weight is 420 g/mol.